The van der Waals surface area contributed by atoms with Gasteiger partial charge < -0.3 is 10.6 Å². The average molecular weight is 401 g/mol. The zero-order valence-corrected chi connectivity index (χ0v) is 18.2. The zero-order valence-electron chi connectivity index (χ0n) is 18.2. The van der Waals surface area contributed by atoms with E-state index in [0.29, 0.717) is 25.0 Å². The van der Waals surface area contributed by atoms with Crippen molar-refractivity contribution in [1.29, 1.82) is 0 Å². The van der Waals surface area contributed by atoms with Crippen LogP contribution in [-0.2, 0) is 9.59 Å². The molecule has 6 nitrogen and oxygen atoms in total. The van der Waals surface area contributed by atoms with Crippen molar-refractivity contribution in [2.45, 2.75) is 52.5 Å². The van der Waals surface area contributed by atoms with Crippen LogP contribution in [0.3, 0.4) is 0 Å². The highest BCUT2D eigenvalue weighted by Gasteiger charge is 2.25. The number of hydrogen-bond acceptors (Lipinski definition) is 4. The molecule has 29 heavy (non-hydrogen) atoms. The van der Waals surface area contributed by atoms with Gasteiger partial charge in [-0.2, -0.15) is 0 Å². The van der Waals surface area contributed by atoms with Gasteiger partial charge in [-0.15, -0.1) is 0 Å². The molecule has 1 aliphatic carbocycles. The number of aryl methyl sites for hydroxylation is 2. The number of benzene rings is 1. The first-order valence-electron chi connectivity index (χ1n) is 11.0. The lowest BCUT2D eigenvalue weighted by atomic mass is 9.86. The van der Waals surface area contributed by atoms with Crippen LogP contribution in [0.5, 0.6) is 0 Å². The normalized spacial score (nSPS) is 23.6. The van der Waals surface area contributed by atoms with Gasteiger partial charge in [-0.3, -0.25) is 19.4 Å². The number of nitrogens with one attached hydrogen (secondary N) is 2. The second-order valence-electron chi connectivity index (χ2n) is 8.80. The summed E-state index contributed by atoms with van der Waals surface area (Å²) in [5, 5.41) is 6.30. The van der Waals surface area contributed by atoms with E-state index >= 15 is 0 Å². The topological polar surface area (TPSA) is 64.7 Å². The van der Waals surface area contributed by atoms with Crippen LogP contribution >= 0.6 is 0 Å². The Morgan fingerprint density at radius 3 is 2.07 bits per heavy atom. The van der Waals surface area contributed by atoms with E-state index in [1.165, 1.54) is 19.3 Å². The molecule has 2 aliphatic rings. The summed E-state index contributed by atoms with van der Waals surface area (Å²) in [7, 11) is 0. The van der Waals surface area contributed by atoms with Crippen LogP contribution in [0.15, 0.2) is 18.2 Å². The molecule has 1 saturated carbocycles. The van der Waals surface area contributed by atoms with Crippen LogP contribution < -0.4 is 10.6 Å². The molecule has 1 heterocycles. The van der Waals surface area contributed by atoms with Crippen LogP contribution in [-0.4, -0.2) is 66.9 Å². The monoisotopic (exact) mass is 400 g/mol. The van der Waals surface area contributed by atoms with Crippen LogP contribution in [0.25, 0.3) is 0 Å². The fourth-order valence-corrected chi connectivity index (χ4v) is 4.49. The standard InChI is InChI=1S/C23H36N4O2/c1-17-7-4-5-10-20(17)24-21(28)15-26-11-13-27(14-12-26)16-22(29)25-23-18(2)8-6-9-19(23)3/h6,8-9,17,20H,4-5,7,10-16H2,1-3H3,(H,24,28)(H,25,29)/t17-,20-/m1/s1. The number of nitrogens with zero attached hydrogens (tertiary/aromatic N) is 2. The quantitative estimate of drug-likeness (QED) is 0.770. The third-order valence-electron chi connectivity index (χ3n) is 6.40. The smallest absolute Gasteiger partial charge is 0.238 e. The highest BCUT2D eigenvalue weighted by molar-refractivity contribution is 5.93. The number of carbonyl (C=O) groups excluding carboxylic acids is 2. The second-order valence-corrected chi connectivity index (χ2v) is 8.80. The predicted molar refractivity (Wildman–Crippen MR) is 117 cm³/mol. The molecule has 0 spiro atoms. The molecule has 0 unspecified atom stereocenters. The highest BCUT2D eigenvalue weighted by Crippen LogP contribution is 2.23. The van der Waals surface area contributed by atoms with E-state index in [2.05, 4.69) is 27.4 Å². The Kier molecular flexibility index (Phi) is 7.67. The Hall–Kier alpha value is -1.92. The molecular formula is C23H36N4O2. The molecule has 1 saturated heterocycles. The molecule has 160 valence electrons. The number of amides is 2. The van der Waals surface area contributed by atoms with E-state index in [4.69, 9.17) is 0 Å². The predicted octanol–water partition coefficient (Wildman–Crippen LogP) is 2.55. The molecule has 2 fully saturated rings. The van der Waals surface area contributed by atoms with Gasteiger partial charge in [0.2, 0.25) is 11.8 Å². The van der Waals surface area contributed by atoms with E-state index in [1.807, 2.05) is 32.0 Å². The third kappa shape index (κ3) is 6.28. The van der Waals surface area contributed by atoms with Gasteiger partial charge in [-0.25, -0.2) is 0 Å². The Labute approximate surface area is 175 Å². The van der Waals surface area contributed by atoms with Crippen molar-refractivity contribution in [2.24, 2.45) is 5.92 Å². The number of rotatable bonds is 6. The maximum atomic E-state index is 12.5. The molecule has 1 aromatic rings. The minimum absolute atomic E-state index is 0.0277. The summed E-state index contributed by atoms with van der Waals surface area (Å²) in [6.45, 7) is 10.4. The molecular weight excluding hydrogens is 364 g/mol. The minimum Gasteiger partial charge on any atom is -0.352 e. The molecule has 2 amide bonds. The van der Waals surface area contributed by atoms with E-state index in [9.17, 15) is 9.59 Å². The van der Waals surface area contributed by atoms with Gasteiger partial charge in [0, 0.05) is 37.9 Å². The molecule has 1 aliphatic heterocycles. The van der Waals surface area contributed by atoms with Crippen molar-refractivity contribution in [3.8, 4) is 0 Å². The van der Waals surface area contributed by atoms with Crippen LogP contribution in [0.4, 0.5) is 5.69 Å². The van der Waals surface area contributed by atoms with Crippen LogP contribution in [0.2, 0.25) is 0 Å². The van der Waals surface area contributed by atoms with Crippen molar-refractivity contribution in [3.05, 3.63) is 29.3 Å². The van der Waals surface area contributed by atoms with Crippen molar-refractivity contribution in [2.75, 3.05) is 44.6 Å². The fraction of sp³-hybridized carbons (Fsp3) is 0.652. The van der Waals surface area contributed by atoms with Gasteiger partial charge >= 0.3 is 0 Å². The summed E-state index contributed by atoms with van der Waals surface area (Å²) in [6.07, 6.45) is 4.83. The number of para-hydroxylation sites is 1. The number of anilines is 1. The molecule has 2 N–H and O–H groups in total. The fourth-order valence-electron chi connectivity index (χ4n) is 4.49. The Bertz CT molecular complexity index is 693. The lowest BCUT2D eigenvalue weighted by molar-refractivity contribution is -0.124. The number of piperazine rings is 1. The van der Waals surface area contributed by atoms with Crippen molar-refractivity contribution in [1.82, 2.24) is 15.1 Å². The van der Waals surface area contributed by atoms with Gasteiger partial charge in [0.1, 0.15) is 0 Å². The van der Waals surface area contributed by atoms with Crippen LogP contribution in [0.1, 0.15) is 43.7 Å². The third-order valence-corrected chi connectivity index (χ3v) is 6.40. The Morgan fingerprint density at radius 1 is 0.931 bits per heavy atom. The van der Waals surface area contributed by atoms with Gasteiger partial charge in [0.15, 0.2) is 0 Å². The molecule has 3 rings (SSSR count). The maximum absolute atomic E-state index is 12.5. The minimum atomic E-state index is 0.0277. The summed E-state index contributed by atoms with van der Waals surface area (Å²) in [5.74, 6) is 0.754. The Morgan fingerprint density at radius 2 is 1.48 bits per heavy atom. The van der Waals surface area contributed by atoms with Gasteiger partial charge in [-0.05, 0) is 43.7 Å². The summed E-state index contributed by atoms with van der Waals surface area (Å²) < 4.78 is 0. The maximum Gasteiger partial charge on any atom is 0.238 e. The molecule has 0 aromatic heterocycles. The first kappa shape index (κ1) is 21.8. The molecule has 0 radical (unpaired) electrons. The van der Waals surface area contributed by atoms with Crippen molar-refractivity contribution >= 4 is 17.5 Å². The van der Waals surface area contributed by atoms with Gasteiger partial charge in [0.25, 0.3) is 0 Å². The zero-order chi connectivity index (χ0) is 20.8. The first-order valence-corrected chi connectivity index (χ1v) is 11.0. The van der Waals surface area contributed by atoms with Crippen molar-refractivity contribution < 1.29 is 9.59 Å². The van der Waals surface area contributed by atoms with E-state index < -0.39 is 0 Å². The van der Waals surface area contributed by atoms with Crippen LogP contribution in [0, 0.1) is 19.8 Å². The summed E-state index contributed by atoms with van der Waals surface area (Å²) in [4.78, 5) is 29.3. The summed E-state index contributed by atoms with van der Waals surface area (Å²) in [5.41, 5.74) is 3.09. The van der Waals surface area contributed by atoms with E-state index in [-0.39, 0.29) is 11.8 Å². The SMILES string of the molecule is Cc1cccc(C)c1NC(=O)CN1CCN(CC(=O)N[C@@H]2CCCC[C@H]2C)CC1. The molecule has 6 heteroatoms. The summed E-state index contributed by atoms with van der Waals surface area (Å²) >= 11 is 0. The van der Waals surface area contributed by atoms with Gasteiger partial charge in [-0.1, -0.05) is 38.0 Å². The second kappa shape index (κ2) is 10.2. The first-order chi connectivity index (χ1) is 13.9. The van der Waals surface area contributed by atoms with Gasteiger partial charge in [0.05, 0.1) is 13.1 Å². The van der Waals surface area contributed by atoms with E-state index in [1.54, 1.807) is 0 Å². The number of carbonyl (C=O) groups is 2. The lowest BCUT2D eigenvalue weighted by Gasteiger charge is -2.35. The lowest BCUT2D eigenvalue weighted by Crippen LogP contribution is -2.52. The Balaban J connectivity index is 1.38. The van der Waals surface area contributed by atoms with Crippen molar-refractivity contribution in [3.63, 3.8) is 0 Å². The molecule has 2 atom stereocenters. The average Bonchev–Trinajstić information content (AvgIpc) is 2.68. The largest absolute Gasteiger partial charge is 0.352 e. The highest BCUT2D eigenvalue weighted by atomic mass is 16.2. The molecule has 1 aromatic carbocycles. The van der Waals surface area contributed by atoms with E-state index in [0.717, 1.165) is 49.4 Å². The number of hydrogen-bond donors (Lipinski definition) is 2. The molecule has 0 bridgehead atoms. The summed E-state index contributed by atoms with van der Waals surface area (Å²) in [6, 6.07) is 6.37.